The summed E-state index contributed by atoms with van der Waals surface area (Å²) >= 11 is 17.8. The lowest BCUT2D eigenvalue weighted by molar-refractivity contribution is 0.438. The molecule has 0 saturated carbocycles. The quantitative estimate of drug-likeness (QED) is 0.698. The Morgan fingerprint density at radius 3 is 2.47 bits per heavy atom. The van der Waals surface area contributed by atoms with Crippen LogP contribution in [0.15, 0.2) is 24.4 Å². The van der Waals surface area contributed by atoms with Crippen molar-refractivity contribution in [3.63, 3.8) is 0 Å². The van der Waals surface area contributed by atoms with Gasteiger partial charge in [0.1, 0.15) is 11.1 Å². The third-order valence-corrected chi connectivity index (χ3v) is 3.32. The van der Waals surface area contributed by atoms with Gasteiger partial charge in [0.2, 0.25) is 11.2 Å². The minimum absolute atomic E-state index is 0.0439. The Labute approximate surface area is 122 Å². The zero-order chi connectivity index (χ0) is 13.6. The molecule has 0 radical (unpaired) electrons. The summed E-state index contributed by atoms with van der Waals surface area (Å²) in [7, 11) is 0. The van der Waals surface area contributed by atoms with Gasteiger partial charge in [-0.1, -0.05) is 29.3 Å². The summed E-state index contributed by atoms with van der Waals surface area (Å²) in [6.45, 7) is 0. The fourth-order valence-corrected chi connectivity index (χ4v) is 2.38. The number of benzene rings is 1. The second kappa shape index (κ2) is 4.52. The maximum Gasteiger partial charge on any atom is 0.225 e. The van der Waals surface area contributed by atoms with E-state index in [2.05, 4.69) is 15.1 Å². The highest BCUT2D eigenvalue weighted by molar-refractivity contribution is 6.37. The zero-order valence-corrected chi connectivity index (χ0v) is 11.4. The lowest BCUT2D eigenvalue weighted by Gasteiger charge is -2.07. The number of rotatable bonds is 1. The number of nitrogens with zero attached hydrogens (tertiary/aromatic N) is 4. The third kappa shape index (κ3) is 2.00. The predicted octanol–water partition coefficient (Wildman–Crippen LogP) is 3.48. The zero-order valence-electron chi connectivity index (χ0n) is 9.18. The molecular formula is C11H5Cl3N4O. The molecule has 3 aromatic rings. The molecule has 19 heavy (non-hydrogen) atoms. The fourth-order valence-electron chi connectivity index (χ4n) is 1.69. The first kappa shape index (κ1) is 12.5. The molecule has 0 aliphatic rings. The largest absolute Gasteiger partial charge is 0.493 e. The van der Waals surface area contributed by atoms with E-state index < -0.39 is 0 Å². The third-order valence-electron chi connectivity index (χ3n) is 2.52. The first-order valence-electron chi connectivity index (χ1n) is 5.12. The SMILES string of the molecule is Oc1c2cnc(Cl)nc2nn1-c1c(Cl)cccc1Cl. The molecule has 2 aromatic heterocycles. The van der Waals surface area contributed by atoms with Crippen LogP contribution in [0, 0.1) is 0 Å². The minimum atomic E-state index is -0.151. The van der Waals surface area contributed by atoms with E-state index in [0.29, 0.717) is 21.1 Å². The molecule has 5 nitrogen and oxygen atoms in total. The number of fused-ring (bicyclic) bond motifs is 1. The average Bonchev–Trinajstić information content (AvgIpc) is 2.66. The van der Waals surface area contributed by atoms with Gasteiger partial charge in [-0.3, -0.25) is 0 Å². The van der Waals surface area contributed by atoms with E-state index >= 15 is 0 Å². The average molecular weight is 316 g/mol. The highest BCUT2D eigenvalue weighted by Gasteiger charge is 2.17. The molecule has 3 rings (SSSR count). The van der Waals surface area contributed by atoms with E-state index in [1.165, 1.54) is 10.9 Å². The number of aromatic nitrogens is 4. The molecule has 0 bridgehead atoms. The van der Waals surface area contributed by atoms with Crippen molar-refractivity contribution in [3.05, 3.63) is 39.7 Å². The summed E-state index contributed by atoms with van der Waals surface area (Å²) in [5, 5.41) is 15.4. The Bertz CT molecular complexity index is 767. The Morgan fingerprint density at radius 1 is 1.11 bits per heavy atom. The molecule has 0 saturated heterocycles. The summed E-state index contributed by atoms with van der Waals surface area (Å²) in [5.74, 6) is -0.151. The van der Waals surface area contributed by atoms with Crippen molar-refractivity contribution < 1.29 is 5.11 Å². The number of hydrogen-bond donors (Lipinski definition) is 1. The van der Waals surface area contributed by atoms with Gasteiger partial charge in [-0.15, -0.1) is 5.10 Å². The summed E-state index contributed by atoms with van der Waals surface area (Å²) in [4.78, 5) is 7.71. The standard InChI is InChI=1S/C11H5Cl3N4O/c12-6-2-1-3-7(13)8(6)18-10(19)5-4-15-11(14)16-9(5)17-18/h1-4,19H. The molecule has 0 atom stereocenters. The van der Waals surface area contributed by atoms with Crippen molar-refractivity contribution in [3.8, 4) is 11.6 Å². The number of halogens is 3. The van der Waals surface area contributed by atoms with Gasteiger partial charge < -0.3 is 5.11 Å². The number of aromatic hydroxyl groups is 1. The molecule has 0 fully saturated rings. The van der Waals surface area contributed by atoms with Crippen LogP contribution < -0.4 is 0 Å². The van der Waals surface area contributed by atoms with Gasteiger partial charge >= 0.3 is 0 Å². The molecule has 8 heteroatoms. The Morgan fingerprint density at radius 2 is 1.79 bits per heavy atom. The monoisotopic (exact) mass is 314 g/mol. The van der Waals surface area contributed by atoms with Crippen molar-refractivity contribution in [1.82, 2.24) is 19.7 Å². The molecule has 0 aliphatic heterocycles. The van der Waals surface area contributed by atoms with E-state index in [-0.39, 0.29) is 16.8 Å². The van der Waals surface area contributed by atoms with Crippen LogP contribution in [0.5, 0.6) is 5.88 Å². The van der Waals surface area contributed by atoms with Crippen molar-refractivity contribution in [2.75, 3.05) is 0 Å². The summed E-state index contributed by atoms with van der Waals surface area (Å²) < 4.78 is 1.21. The number of para-hydroxylation sites is 1. The van der Waals surface area contributed by atoms with Gasteiger partial charge in [-0.2, -0.15) is 9.67 Å². The van der Waals surface area contributed by atoms with Crippen LogP contribution in [-0.2, 0) is 0 Å². The van der Waals surface area contributed by atoms with E-state index in [0.717, 1.165) is 0 Å². The molecule has 0 aliphatic carbocycles. The van der Waals surface area contributed by atoms with Crippen LogP contribution in [0.25, 0.3) is 16.7 Å². The highest BCUT2D eigenvalue weighted by Crippen LogP contribution is 2.33. The van der Waals surface area contributed by atoms with E-state index in [4.69, 9.17) is 34.8 Å². The fraction of sp³-hybridized carbons (Fsp3) is 0. The Hall–Kier alpha value is -1.56. The van der Waals surface area contributed by atoms with Crippen LogP contribution in [0.1, 0.15) is 0 Å². The molecular weight excluding hydrogens is 311 g/mol. The predicted molar refractivity (Wildman–Crippen MR) is 73.4 cm³/mol. The lowest BCUT2D eigenvalue weighted by atomic mass is 10.3. The maximum absolute atomic E-state index is 10.1. The summed E-state index contributed by atoms with van der Waals surface area (Å²) in [5.41, 5.74) is 0.631. The normalized spacial score (nSPS) is 11.1. The van der Waals surface area contributed by atoms with Crippen LogP contribution >= 0.6 is 34.8 Å². The Kier molecular flexibility index (Phi) is 2.97. The Balaban J connectivity index is 2.34. The molecule has 0 spiro atoms. The maximum atomic E-state index is 10.1. The van der Waals surface area contributed by atoms with Gasteiger partial charge in [0.25, 0.3) is 0 Å². The van der Waals surface area contributed by atoms with Crippen molar-refractivity contribution in [2.24, 2.45) is 0 Å². The summed E-state index contributed by atoms with van der Waals surface area (Å²) in [6, 6.07) is 4.99. The lowest BCUT2D eigenvalue weighted by Crippen LogP contribution is -1.97. The highest BCUT2D eigenvalue weighted by atomic mass is 35.5. The molecule has 1 N–H and O–H groups in total. The molecule has 2 heterocycles. The smallest absolute Gasteiger partial charge is 0.225 e. The van der Waals surface area contributed by atoms with E-state index in [1.807, 2.05) is 0 Å². The molecule has 0 unspecified atom stereocenters. The molecule has 1 aromatic carbocycles. The second-order valence-electron chi connectivity index (χ2n) is 3.68. The van der Waals surface area contributed by atoms with E-state index in [1.54, 1.807) is 18.2 Å². The number of hydrogen-bond acceptors (Lipinski definition) is 4. The van der Waals surface area contributed by atoms with Crippen LogP contribution in [-0.4, -0.2) is 24.9 Å². The van der Waals surface area contributed by atoms with Gasteiger partial charge in [-0.25, -0.2) is 4.98 Å². The van der Waals surface area contributed by atoms with Gasteiger partial charge in [-0.05, 0) is 23.7 Å². The first-order valence-corrected chi connectivity index (χ1v) is 6.26. The van der Waals surface area contributed by atoms with Crippen LogP contribution in [0.2, 0.25) is 15.3 Å². The first-order chi connectivity index (χ1) is 9.08. The van der Waals surface area contributed by atoms with Crippen molar-refractivity contribution in [2.45, 2.75) is 0 Å². The van der Waals surface area contributed by atoms with E-state index in [9.17, 15) is 5.11 Å². The van der Waals surface area contributed by atoms with Crippen molar-refractivity contribution >= 4 is 45.8 Å². The van der Waals surface area contributed by atoms with Crippen LogP contribution in [0.3, 0.4) is 0 Å². The van der Waals surface area contributed by atoms with Gasteiger partial charge in [0, 0.05) is 6.20 Å². The van der Waals surface area contributed by atoms with Crippen molar-refractivity contribution in [1.29, 1.82) is 0 Å². The molecule has 96 valence electrons. The topological polar surface area (TPSA) is 63.8 Å². The molecule has 0 amide bonds. The van der Waals surface area contributed by atoms with Gasteiger partial charge in [0.05, 0.1) is 10.0 Å². The summed E-state index contributed by atoms with van der Waals surface area (Å²) in [6.07, 6.45) is 1.38. The van der Waals surface area contributed by atoms with Crippen LogP contribution in [0.4, 0.5) is 0 Å². The second-order valence-corrected chi connectivity index (χ2v) is 4.83. The van der Waals surface area contributed by atoms with Gasteiger partial charge in [0.15, 0.2) is 5.65 Å². The minimum Gasteiger partial charge on any atom is -0.493 e.